The lowest BCUT2D eigenvalue weighted by Gasteiger charge is -2.26. The number of fused-ring (bicyclic) bond motifs is 1. The smallest absolute Gasteiger partial charge is 0.265 e. The van der Waals surface area contributed by atoms with Crippen molar-refractivity contribution in [2.24, 2.45) is 0 Å². The Hall–Kier alpha value is -2.99. The van der Waals surface area contributed by atoms with Gasteiger partial charge in [0.15, 0.2) is 0 Å². The fourth-order valence-corrected chi connectivity index (χ4v) is 3.67. The molecule has 1 amide bonds. The molecular weight excluding hydrogens is 354 g/mol. The topological polar surface area (TPSA) is 64.4 Å². The van der Waals surface area contributed by atoms with E-state index in [1.807, 2.05) is 36.9 Å². The van der Waals surface area contributed by atoms with Crippen molar-refractivity contribution in [2.45, 2.75) is 26.3 Å². The van der Waals surface area contributed by atoms with Crippen LogP contribution in [0.1, 0.15) is 29.5 Å². The quantitative estimate of drug-likeness (QED) is 0.689. The van der Waals surface area contributed by atoms with Crippen LogP contribution in [0.15, 0.2) is 53.3 Å². The van der Waals surface area contributed by atoms with Crippen molar-refractivity contribution in [2.75, 3.05) is 19.8 Å². The summed E-state index contributed by atoms with van der Waals surface area (Å²) in [4.78, 5) is 32.2. The van der Waals surface area contributed by atoms with Gasteiger partial charge in [-0.05, 0) is 56.7 Å². The van der Waals surface area contributed by atoms with Gasteiger partial charge in [0.1, 0.15) is 5.82 Å². The number of benzene rings is 2. The van der Waals surface area contributed by atoms with E-state index in [1.54, 1.807) is 34.9 Å². The Balaban J connectivity index is 1.68. The normalized spacial score (nSPS) is 17.5. The Morgan fingerprint density at radius 2 is 1.89 bits per heavy atom. The molecule has 6 heteroatoms. The largest absolute Gasteiger partial charge is 0.379 e. The predicted molar refractivity (Wildman–Crippen MR) is 108 cm³/mol. The maximum absolute atomic E-state index is 12.9. The molecule has 4 rings (SSSR count). The Morgan fingerprint density at radius 1 is 1.14 bits per heavy atom. The first-order valence-electron chi connectivity index (χ1n) is 9.54. The summed E-state index contributed by atoms with van der Waals surface area (Å²) in [6.07, 6.45) is 0.839. The van der Waals surface area contributed by atoms with Gasteiger partial charge in [0.25, 0.3) is 11.5 Å². The SMILES string of the molecule is Cc1nc2ccccc2c(=O)n1-c1ccc(C(=O)N2CCCOCC2C)cc1. The van der Waals surface area contributed by atoms with Crippen LogP contribution < -0.4 is 5.56 Å². The van der Waals surface area contributed by atoms with Crippen molar-refractivity contribution in [3.63, 3.8) is 0 Å². The summed E-state index contributed by atoms with van der Waals surface area (Å²) in [7, 11) is 0. The van der Waals surface area contributed by atoms with Crippen LogP contribution in [0.4, 0.5) is 0 Å². The number of rotatable bonds is 2. The summed E-state index contributed by atoms with van der Waals surface area (Å²) < 4.78 is 7.10. The number of nitrogens with zero attached hydrogens (tertiary/aromatic N) is 3. The predicted octanol–water partition coefficient (Wildman–Crippen LogP) is 2.95. The van der Waals surface area contributed by atoms with Crippen LogP contribution in [0.2, 0.25) is 0 Å². The summed E-state index contributed by atoms with van der Waals surface area (Å²) in [5.74, 6) is 0.603. The Kier molecular flexibility index (Phi) is 4.96. The average molecular weight is 377 g/mol. The fraction of sp³-hybridized carbons (Fsp3) is 0.318. The summed E-state index contributed by atoms with van der Waals surface area (Å²) in [5.41, 5.74) is 1.88. The molecule has 1 saturated heterocycles. The number of hydrogen-bond donors (Lipinski definition) is 0. The van der Waals surface area contributed by atoms with Crippen LogP contribution in [0.25, 0.3) is 16.6 Å². The van der Waals surface area contributed by atoms with Crippen molar-refractivity contribution < 1.29 is 9.53 Å². The van der Waals surface area contributed by atoms with Crippen molar-refractivity contribution >= 4 is 16.8 Å². The third-order valence-electron chi connectivity index (χ3n) is 5.16. The van der Waals surface area contributed by atoms with E-state index < -0.39 is 0 Å². The highest BCUT2D eigenvalue weighted by Crippen LogP contribution is 2.16. The van der Waals surface area contributed by atoms with E-state index in [9.17, 15) is 9.59 Å². The third-order valence-corrected chi connectivity index (χ3v) is 5.16. The van der Waals surface area contributed by atoms with Gasteiger partial charge in [-0.2, -0.15) is 0 Å². The number of ether oxygens (including phenoxy) is 1. The Morgan fingerprint density at radius 3 is 2.68 bits per heavy atom. The molecule has 1 atom stereocenters. The average Bonchev–Trinajstić information content (AvgIpc) is 2.92. The monoisotopic (exact) mass is 377 g/mol. The second-order valence-electron chi connectivity index (χ2n) is 7.14. The zero-order chi connectivity index (χ0) is 19.7. The van der Waals surface area contributed by atoms with Crippen LogP contribution >= 0.6 is 0 Å². The zero-order valence-electron chi connectivity index (χ0n) is 16.1. The first kappa shape index (κ1) is 18.4. The van der Waals surface area contributed by atoms with Crippen LogP contribution in [0, 0.1) is 6.92 Å². The van der Waals surface area contributed by atoms with Crippen LogP contribution in [-0.2, 0) is 4.74 Å². The molecule has 0 radical (unpaired) electrons. The molecule has 3 aromatic rings. The molecule has 144 valence electrons. The first-order chi connectivity index (χ1) is 13.6. The highest BCUT2D eigenvalue weighted by Gasteiger charge is 2.23. The molecule has 1 aliphatic rings. The van der Waals surface area contributed by atoms with E-state index >= 15 is 0 Å². The molecule has 1 aromatic heterocycles. The molecule has 0 spiro atoms. The molecule has 1 aliphatic heterocycles. The summed E-state index contributed by atoms with van der Waals surface area (Å²) >= 11 is 0. The van der Waals surface area contributed by atoms with Gasteiger partial charge in [-0.3, -0.25) is 14.2 Å². The summed E-state index contributed by atoms with van der Waals surface area (Å²) in [6.45, 7) is 5.74. The lowest BCUT2D eigenvalue weighted by atomic mass is 10.1. The number of aryl methyl sites for hydroxylation is 1. The van der Waals surface area contributed by atoms with Gasteiger partial charge in [-0.1, -0.05) is 12.1 Å². The van der Waals surface area contributed by atoms with Gasteiger partial charge >= 0.3 is 0 Å². The Labute approximate surface area is 163 Å². The molecule has 6 nitrogen and oxygen atoms in total. The molecule has 2 heterocycles. The van der Waals surface area contributed by atoms with E-state index in [2.05, 4.69) is 4.98 Å². The highest BCUT2D eigenvalue weighted by atomic mass is 16.5. The maximum atomic E-state index is 12.9. The van der Waals surface area contributed by atoms with Gasteiger partial charge in [0.05, 0.1) is 29.2 Å². The zero-order valence-corrected chi connectivity index (χ0v) is 16.1. The van der Waals surface area contributed by atoms with Crippen molar-refractivity contribution in [1.82, 2.24) is 14.5 Å². The minimum Gasteiger partial charge on any atom is -0.379 e. The number of aromatic nitrogens is 2. The van der Waals surface area contributed by atoms with Crippen molar-refractivity contribution in [3.05, 3.63) is 70.3 Å². The molecule has 1 unspecified atom stereocenters. The number of hydrogen-bond acceptors (Lipinski definition) is 4. The van der Waals surface area contributed by atoms with Gasteiger partial charge in [0.2, 0.25) is 0 Å². The standard InChI is InChI=1S/C22H23N3O3/c1-15-14-28-13-5-12-24(15)21(26)17-8-10-18(11-9-17)25-16(2)23-20-7-4-3-6-19(20)22(25)27/h3-4,6-11,15H,5,12-14H2,1-2H3. The van der Waals surface area contributed by atoms with E-state index in [4.69, 9.17) is 4.74 Å². The Bertz CT molecular complexity index is 1070. The molecule has 0 saturated carbocycles. The molecule has 28 heavy (non-hydrogen) atoms. The second-order valence-corrected chi connectivity index (χ2v) is 7.14. The molecule has 0 bridgehead atoms. The molecule has 2 aromatic carbocycles. The van der Waals surface area contributed by atoms with Crippen molar-refractivity contribution in [1.29, 1.82) is 0 Å². The van der Waals surface area contributed by atoms with Crippen LogP contribution in [0.5, 0.6) is 0 Å². The lowest BCUT2D eigenvalue weighted by Crippen LogP contribution is -2.40. The summed E-state index contributed by atoms with van der Waals surface area (Å²) in [6, 6.07) is 14.5. The van der Waals surface area contributed by atoms with Crippen molar-refractivity contribution in [3.8, 4) is 5.69 Å². The molecule has 0 aliphatic carbocycles. The highest BCUT2D eigenvalue weighted by molar-refractivity contribution is 5.94. The van der Waals surface area contributed by atoms with Gasteiger partial charge in [0, 0.05) is 18.7 Å². The van der Waals surface area contributed by atoms with Gasteiger partial charge < -0.3 is 9.64 Å². The second kappa shape index (κ2) is 7.56. The number of carbonyl (C=O) groups excluding carboxylic acids is 1. The van der Waals surface area contributed by atoms with E-state index in [0.29, 0.717) is 47.7 Å². The number of carbonyl (C=O) groups is 1. The minimum atomic E-state index is -0.111. The molecule has 1 fully saturated rings. The molecular formula is C22H23N3O3. The maximum Gasteiger partial charge on any atom is 0.265 e. The number of para-hydroxylation sites is 1. The van der Waals surface area contributed by atoms with E-state index in [1.165, 1.54) is 0 Å². The first-order valence-corrected chi connectivity index (χ1v) is 9.54. The van der Waals surface area contributed by atoms with Gasteiger partial charge in [-0.15, -0.1) is 0 Å². The van der Waals surface area contributed by atoms with Gasteiger partial charge in [-0.25, -0.2) is 4.98 Å². The van der Waals surface area contributed by atoms with E-state index in [0.717, 1.165) is 6.42 Å². The lowest BCUT2D eigenvalue weighted by molar-refractivity contribution is 0.0633. The minimum absolute atomic E-state index is 0.00902. The fourth-order valence-electron chi connectivity index (χ4n) is 3.67. The number of amides is 1. The molecule has 0 N–H and O–H groups in total. The third kappa shape index (κ3) is 3.31. The summed E-state index contributed by atoms with van der Waals surface area (Å²) in [5, 5.41) is 0.576. The van der Waals surface area contributed by atoms with Crippen LogP contribution in [-0.4, -0.2) is 46.2 Å². The van der Waals surface area contributed by atoms with Crippen LogP contribution in [0.3, 0.4) is 0 Å². The van der Waals surface area contributed by atoms with E-state index in [-0.39, 0.29) is 17.5 Å².